The third-order valence-electron chi connectivity index (χ3n) is 4.67. The molecule has 150 valence electrons. The number of primary amides is 1. The van der Waals surface area contributed by atoms with E-state index in [0.29, 0.717) is 42.0 Å². The van der Waals surface area contributed by atoms with Gasteiger partial charge in [-0.3, -0.25) is 9.59 Å². The van der Waals surface area contributed by atoms with Gasteiger partial charge in [0, 0.05) is 24.0 Å². The molecule has 8 nitrogen and oxygen atoms in total. The van der Waals surface area contributed by atoms with Gasteiger partial charge in [-0.25, -0.2) is 4.98 Å². The Morgan fingerprint density at radius 2 is 2.21 bits per heavy atom. The first kappa shape index (κ1) is 19.9. The van der Waals surface area contributed by atoms with Crippen molar-refractivity contribution < 1.29 is 24.2 Å². The molecular formula is C20H25N3O5. The van der Waals surface area contributed by atoms with E-state index in [-0.39, 0.29) is 30.6 Å². The van der Waals surface area contributed by atoms with E-state index in [1.165, 1.54) is 0 Å². The number of fused-ring (bicyclic) bond motifs is 1. The number of hydrogen-bond donors (Lipinski definition) is 3. The molecule has 0 radical (unpaired) electrons. The maximum Gasteiger partial charge on any atom is 0.252 e. The van der Waals surface area contributed by atoms with Gasteiger partial charge in [0.25, 0.3) is 5.91 Å². The molecule has 1 aromatic carbocycles. The van der Waals surface area contributed by atoms with Crippen LogP contribution >= 0.6 is 0 Å². The fraction of sp³-hybridized carbons (Fsp3) is 0.450. The second kappa shape index (κ2) is 8.43. The fourth-order valence-corrected chi connectivity index (χ4v) is 3.31. The van der Waals surface area contributed by atoms with E-state index >= 15 is 0 Å². The van der Waals surface area contributed by atoms with E-state index in [2.05, 4.69) is 10.3 Å². The number of carbonyl (C=O) groups is 2. The van der Waals surface area contributed by atoms with Gasteiger partial charge in [-0.2, -0.15) is 0 Å². The van der Waals surface area contributed by atoms with Crippen LogP contribution < -0.4 is 20.5 Å². The van der Waals surface area contributed by atoms with Gasteiger partial charge >= 0.3 is 0 Å². The third-order valence-corrected chi connectivity index (χ3v) is 4.67. The van der Waals surface area contributed by atoms with E-state index < -0.39 is 5.91 Å². The lowest BCUT2D eigenvalue weighted by atomic mass is 10.0. The number of aromatic nitrogens is 1. The Hall–Kier alpha value is -2.87. The van der Waals surface area contributed by atoms with Crippen LogP contribution in [0.4, 0.5) is 0 Å². The Morgan fingerprint density at radius 1 is 1.43 bits per heavy atom. The molecule has 0 bridgehead atoms. The molecule has 1 saturated heterocycles. The standard InChI is InChI=1S/C20H25N3O5/c1-11(2)28-17-9-15-12(8-16(17)18(21)25)3-5-22-20(15)27-6-4-14-7-13(10-24)19(26)23-14/h3,5,8-9,11,13-14,24H,4,6-7,10H2,1-2H3,(H2,21,25)(H,23,26)/t13-,14-/m1/s1. The second-order valence-corrected chi connectivity index (χ2v) is 7.17. The topological polar surface area (TPSA) is 124 Å². The van der Waals surface area contributed by atoms with Gasteiger partial charge in [-0.05, 0) is 43.9 Å². The molecule has 0 spiro atoms. The first-order chi connectivity index (χ1) is 13.4. The Bertz CT molecular complexity index is 884. The molecule has 2 heterocycles. The summed E-state index contributed by atoms with van der Waals surface area (Å²) >= 11 is 0. The number of amides is 2. The summed E-state index contributed by atoms with van der Waals surface area (Å²) in [6.07, 6.45) is 2.68. The van der Waals surface area contributed by atoms with Crippen LogP contribution in [0.15, 0.2) is 24.4 Å². The first-order valence-electron chi connectivity index (χ1n) is 9.32. The molecule has 2 amide bonds. The zero-order chi connectivity index (χ0) is 20.3. The molecule has 0 aliphatic carbocycles. The number of aliphatic hydroxyl groups excluding tert-OH is 1. The van der Waals surface area contributed by atoms with Gasteiger partial charge in [0.05, 0.1) is 30.8 Å². The molecule has 4 N–H and O–H groups in total. The fourth-order valence-electron chi connectivity index (χ4n) is 3.31. The summed E-state index contributed by atoms with van der Waals surface area (Å²) in [5, 5.41) is 13.5. The smallest absolute Gasteiger partial charge is 0.252 e. The van der Waals surface area contributed by atoms with Crippen LogP contribution in [0.3, 0.4) is 0 Å². The van der Waals surface area contributed by atoms with Crippen LogP contribution in [0, 0.1) is 5.92 Å². The van der Waals surface area contributed by atoms with Gasteiger partial charge in [-0.1, -0.05) is 0 Å². The van der Waals surface area contributed by atoms with Crippen molar-refractivity contribution in [3.05, 3.63) is 30.0 Å². The Labute approximate surface area is 163 Å². The molecule has 2 aromatic rings. The predicted octanol–water partition coefficient (Wildman–Crippen LogP) is 1.39. The quantitative estimate of drug-likeness (QED) is 0.629. The number of pyridine rings is 1. The number of nitrogens with one attached hydrogen (secondary N) is 1. The maximum absolute atomic E-state index is 11.8. The van der Waals surface area contributed by atoms with Crippen molar-refractivity contribution in [2.75, 3.05) is 13.2 Å². The number of hydrogen-bond acceptors (Lipinski definition) is 6. The first-order valence-corrected chi connectivity index (χ1v) is 9.32. The molecule has 1 aliphatic rings. The molecule has 1 fully saturated rings. The number of benzene rings is 1. The van der Waals surface area contributed by atoms with E-state index in [9.17, 15) is 14.7 Å². The average Bonchev–Trinajstić information content (AvgIpc) is 3.00. The van der Waals surface area contributed by atoms with Crippen LogP contribution in [-0.2, 0) is 4.79 Å². The van der Waals surface area contributed by atoms with Crippen LogP contribution in [0.5, 0.6) is 11.6 Å². The SMILES string of the molecule is CC(C)Oc1cc2c(OCC[C@@H]3C[C@H](CO)C(=O)N3)nccc2cc1C(N)=O. The highest BCUT2D eigenvalue weighted by atomic mass is 16.5. The molecule has 28 heavy (non-hydrogen) atoms. The van der Waals surface area contributed by atoms with Gasteiger partial charge in [-0.15, -0.1) is 0 Å². The summed E-state index contributed by atoms with van der Waals surface area (Å²) in [5.74, 6) is -0.215. The number of nitrogens with zero attached hydrogens (tertiary/aromatic N) is 1. The highest BCUT2D eigenvalue weighted by Crippen LogP contribution is 2.31. The lowest BCUT2D eigenvalue weighted by Gasteiger charge is -2.16. The zero-order valence-electron chi connectivity index (χ0n) is 16.0. The lowest BCUT2D eigenvalue weighted by molar-refractivity contribution is -0.123. The zero-order valence-corrected chi connectivity index (χ0v) is 16.0. The van der Waals surface area contributed by atoms with Crippen LogP contribution in [-0.4, -0.2) is 47.3 Å². The largest absolute Gasteiger partial charge is 0.490 e. The summed E-state index contributed by atoms with van der Waals surface area (Å²) in [5.41, 5.74) is 5.79. The Balaban J connectivity index is 1.77. The summed E-state index contributed by atoms with van der Waals surface area (Å²) in [4.78, 5) is 27.7. The second-order valence-electron chi connectivity index (χ2n) is 7.17. The summed E-state index contributed by atoms with van der Waals surface area (Å²) in [7, 11) is 0. The minimum Gasteiger partial charge on any atom is -0.490 e. The summed E-state index contributed by atoms with van der Waals surface area (Å²) in [6, 6.07) is 5.14. The molecular weight excluding hydrogens is 362 g/mol. The molecule has 2 atom stereocenters. The van der Waals surface area contributed by atoms with Gasteiger partial charge in [0.1, 0.15) is 5.75 Å². The molecule has 3 rings (SSSR count). The van der Waals surface area contributed by atoms with Gasteiger partial charge in [0.15, 0.2) is 0 Å². The molecule has 8 heteroatoms. The van der Waals surface area contributed by atoms with E-state index in [1.807, 2.05) is 13.8 Å². The number of ether oxygens (including phenoxy) is 2. The predicted molar refractivity (Wildman–Crippen MR) is 103 cm³/mol. The minimum absolute atomic E-state index is 0.0269. The Morgan fingerprint density at radius 3 is 2.86 bits per heavy atom. The van der Waals surface area contributed by atoms with E-state index in [0.717, 1.165) is 5.39 Å². The van der Waals surface area contributed by atoms with Crippen LogP contribution in [0.1, 0.15) is 37.0 Å². The van der Waals surface area contributed by atoms with Crippen molar-refractivity contribution in [1.82, 2.24) is 10.3 Å². The number of aliphatic hydroxyl groups is 1. The average molecular weight is 387 g/mol. The minimum atomic E-state index is -0.563. The monoisotopic (exact) mass is 387 g/mol. The van der Waals surface area contributed by atoms with Gasteiger partial charge in [0.2, 0.25) is 11.8 Å². The highest BCUT2D eigenvalue weighted by Gasteiger charge is 2.31. The third kappa shape index (κ3) is 4.33. The van der Waals surface area contributed by atoms with Crippen LogP contribution in [0.25, 0.3) is 10.8 Å². The molecule has 0 saturated carbocycles. The Kier molecular flexibility index (Phi) is 5.99. The van der Waals surface area contributed by atoms with Crippen molar-refractivity contribution in [3.63, 3.8) is 0 Å². The van der Waals surface area contributed by atoms with Crippen molar-refractivity contribution in [1.29, 1.82) is 0 Å². The lowest BCUT2D eigenvalue weighted by Crippen LogP contribution is -2.28. The van der Waals surface area contributed by atoms with E-state index in [1.54, 1.807) is 24.4 Å². The molecule has 1 aromatic heterocycles. The highest BCUT2D eigenvalue weighted by molar-refractivity contribution is 6.01. The summed E-state index contributed by atoms with van der Waals surface area (Å²) in [6.45, 7) is 3.94. The number of carbonyl (C=O) groups excluding carboxylic acids is 2. The van der Waals surface area contributed by atoms with Crippen molar-refractivity contribution in [3.8, 4) is 11.6 Å². The van der Waals surface area contributed by atoms with E-state index in [4.69, 9.17) is 15.2 Å². The number of nitrogens with two attached hydrogens (primary N) is 1. The van der Waals surface area contributed by atoms with Crippen molar-refractivity contribution >= 4 is 22.6 Å². The number of rotatable bonds is 8. The maximum atomic E-state index is 11.8. The van der Waals surface area contributed by atoms with Crippen molar-refractivity contribution in [2.24, 2.45) is 11.7 Å². The van der Waals surface area contributed by atoms with Gasteiger partial charge < -0.3 is 25.6 Å². The molecule has 1 aliphatic heterocycles. The molecule has 0 unspecified atom stereocenters. The van der Waals surface area contributed by atoms with Crippen molar-refractivity contribution in [2.45, 2.75) is 38.8 Å². The summed E-state index contributed by atoms with van der Waals surface area (Å²) < 4.78 is 11.6. The van der Waals surface area contributed by atoms with Crippen LogP contribution in [0.2, 0.25) is 0 Å². The normalized spacial score (nSPS) is 19.1.